The summed E-state index contributed by atoms with van der Waals surface area (Å²) in [5.41, 5.74) is 1.03. The number of nitrogens with zero attached hydrogens (tertiary/aromatic N) is 1. The van der Waals surface area contributed by atoms with E-state index in [1.807, 2.05) is 44.2 Å². The van der Waals surface area contributed by atoms with Crippen LogP contribution >= 0.6 is 15.9 Å². The Bertz CT molecular complexity index is 379. The monoisotopic (exact) mass is 237 g/mol. The lowest BCUT2D eigenvalue weighted by Gasteiger charge is -1.96. The summed E-state index contributed by atoms with van der Waals surface area (Å²) < 4.78 is 1.10. The maximum absolute atomic E-state index is 4.21. The van der Waals surface area contributed by atoms with E-state index in [0.29, 0.717) is 0 Å². The highest BCUT2D eigenvalue weighted by Gasteiger charge is 1.94. The van der Waals surface area contributed by atoms with Gasteiger partial charge < -0.3 is 0 Å². The predicted octanol–water partition coefficient (Wildman–Crippen LogP) is 4.02. The number of rotatable bonds is 0. The molecule has 0 amide bonds. The molecule has 0 aliphatic heterocycles. The van der Waals surface area contributed by atoms with E-state index >= 15 is 0 Å². The van der Waals surface area contributed by atoms with Crippen LogP contribution in [0.25, 0.3) is 10.9 Å². The molecule has 1 aromatic heterocycles. The molecule has 0 aliphatic rings. The molecular weight excluding hydrogens is 226 g/mol. The van der Waals surface area contributed by atoms with E-state index in [0.717, 1.165) is 15.4 Å². The van der Waals surface area contributed by atoms with E-state index in [2.05, 4.69) is 20.9 Å². The number of fused-ring (bicyclic) bond motifs is 1. The molecule has 1 aromatic carbocycles. The number of halogens is 1. The largest absolute Gasteiger partial charge is 0.256 e. The summed E-state index contributed by atoms with van der Waals surface area (Å²) in [6, 6.07) is 9.99. The molecule has 1 heterocycles. The summed E-state index contributed by atoms with van der Waals surface area (Å²) in [6.45, 7) is 4.00. The predicted molar refractivity (Wildman–Crippen MR) is 60.8 cm³/mol. The van der Waals surface area contributed by atoms with Gasteiger partial charge in [-0.05, 0) is 12.1 Å². The van der Waals surface area contributed by atoms with Gasteiger partial charge in [0.15, 0.2) is 0 Å². The van der Waals surface area contributed by atoms with E-state index in [4.69, 9.17) is 0 Å². The molecule has 0 fully saturated rings. The second-order valence-electron chi connectivity index (χ2n) is 2.31. The Labute approximate surface area is 86.9 Å². The van der Waals surface area contributed by atoms with Crippen LogP contribution in [0.2, 0.25) is 0 Å². The second-order valence-corrected chi connectivity index (χ2v) is 3.16. The maximum atomic E-state index is 4.21. The molecular formula is C11H12BrN. The molecule has 0 bridgehead atoms. The minimum Gasteiger partial charge on any atom is -0.256 e. The van der Waals surface area contributed by atoms with Crippen molar-refractivity contribution in [2.75, 3.05) is 0 Å². The second kappa shape index (κ2) is 4.97. The van der Waals surface area contributed by atoms with Crippen molar-refractivity contribution in [2.45, 2.75) is 13.8 Å². The first-order valence-electron chi connectivity index (χ1n) is 4.37. The van der Waals surface area contributed by atoms with Crippen molar-refractivity contribution < 1.29 is 0 Å². The van der Waals surface area contributed by atoms with Crippen LogP contribution in [-0.4, -0.2) is 4.98 Å². The minimum atomic E-state index is 1.03. The van der Waals surface area contributed by atoms with Gasteiger partial charge >= 0.3 is 0 Å². The fraction of sp³-hybridized carbons (Fsp3) is 0.182. The van der Waals surface area contributed by atoms with Gasteiger partial charge in [-0.1, -0.05) is 48.0 Å². The Hall–Kier alpha value is -0.890. The highest BCUT2D eigenvalue weighted by molar-refractivity contribution is 9.10. The molecule has 0 radical (unpaired) electrons. The summed E-state index contributed by atoms with van der Waals surface area (Å²) in [7, 11) is 0. The molecule has 0 spiro atoms. The van der Waals surface area contributed by atoms with Crippen molar-refractivity contribution in [2.24, 2.45) is 0 Å². The van der Waals surface area contributed by atoms with Crippen LogP contribution in [0.15, 0.2) is 41.0 Å². The fourth-order valence-corrected chi connectivity index (χ4v) is 1.51. The summed E-state index contributed by atoms with van der Waals surface area (Å²) >= 11 is 3.46. The normalized spacial score (nSPS) is 9.15. The van der Waals surface area contributed by atoms with Gasteiger partial charge in [-0.2, -0.15) is 0 Å². The van der Waals surface area contributed by atoms with Gasteiger partial charge in [-0.15, -0.1) is 0 Å². The van der Waals surface area contributed by atoms with Gasteiger partial charge in [0.1, 0.15) is 0 Å². The van der Waals surface area contributed by atoms with Crippen LogP contribution in [-0.2, 0) is 0 Å². The lowest BCUT2D eigenvalue weighted by Crippen LogP contribution is -1.76. The van der Waals surface area contributed by atoms with Crippen molar-refractivity contribution in [1.29, 1.82) is 0 Å². The summed E-state index contributed by atoms with van der Waals surface area (Å²) in [6.07, 6.45) is 1.80. The highest BCUT2D eigenvalue weighted by atomic mass is 79.9. The average molecular weight is 238 g/mol. The summed E-state index contributed by atoms with van der Waals surface area (Å²) in [5.74, 6) is 0. The zero-order valence-electron chi connectivity index (χ0n) is 7.79. The zero-order chi connectivity index (χ0) is 9.68. The van der Waals surface area contributed by atoms with Crippen LogP contribution < -0.4 is 0 Å². The van der Waals surface area contributed by atoms with Gasteiger partial charge in [0, 0.05) is 16.1 Å². The topological polar surface area (TPSA) is 12.9 Å². The quantitative estimate of drug-likeness (QED) is 0.675. The Kier molecular flexibility index (Phi) is 3.90. The molecule has 1 nitrogen and oxygen atoms in total. The van der Waals surface area contributed by atoms with Gasteiger partial charge in [0.25, 0.3) is 0 Å². The molecule has 2 aromatic rings. The molecule has 0 aliphatic carbocycles. The Morgan fingerprint density at radius 3 is 2.46 bits per heavy atom. The molecule has 2 heteroatoms. The van der Waals surface area contributed by atoms with E-state index < -0.39 is 0 Å². The van der Waals surface area contributed by atoms with Gasteiger partial charge in [-0.25, -0.2) is 0 Å². The van der Waals surface area contributed by atoms with Crippen molar-refractivity contribution in [3.8, 4) is 0 Å². The van der Waals surface area contributed by atoms with Crippen molar-refractivity contribution in [3.05, 3.63) is 41.0 Å². The zero-order valence-corrected chi connectivity index (χ0v) is 9.38. The third-order valence-electron chi connectivity index (χ3n) is 1.60. The molecule has 68 valence electrons. The van der Waals surface area contributed by atoms with Crippen molar-refractivity contribution >= 4 is 26.8 Å². The Morgan fingerprint density at radius 2 is 1.77 bits per heavy atom. The molecule has 0 unspecified atom stereocenters. The van der Waals surface area contributed by atoms with Gasteiger partial charge in [0.2, 0.25) is 0 Å². The lowest BCUT2D eigenvalue weighted by atomic mass is 10.2. The number of hydrogen-bond acceptors (Lipinski definition) is 1. The number of benzene rings is 1. The summed E-state index contributed by atoms with van der Waals surface area (Å²) in [4.78, 5) is 4.21. The van der Waals surface area contributed by atoms with E-state index in [1.54, 1.807) is 6.20 Å². The van der Waals surface area contributed by atoms with Crippen LogP contribution in [0.5, 0.6) is 0 Å². The fourth-order valence-electron chi connectivity index (χ4n) is 1.06. The first kappa shape index (κ1) is 10.2. The van der Waals surface area contributed by atoms with Gasteiger partial charge in [-0.3, -0.25) is 4.98 Å². The van der Waals surface area contributed by atoms with Crippen molar-refractivity contribution in [3.63, 3.8) is 0 Å². The molecule has 0 N–H and O–H groups in total. The number of aromatic nitrogens is 1. The molecule has 0 saturated heterocycles. The Morgan fingerprint density at radius 1 is 1.08 bits per heavy atom. The van der Waals surface area contributed by atoms with E-state index in [-0.39, 0.29) is 0 Å². The third kappa shape index (κ3) is 2.28. The first-order valence-corrected chi connectivity index (χ1v) is 5.16. The van der Waals surface area contributed by atoms with E-state index in [9.17, 15) is 0 Å². The Balaban J connectivity index is 0.000000396. The average Bonchev–Trinajstić information content (AvgIpc) is 2.22. The minimum absolute atomic E-state index is 1.03. The molecule has 13 heavy (non-hydrogen) atoms. The standard InChI is InChI=1S/C9H6BrN.C2H6/c10-8-5-6-11-9-4-2-1-3-7(8)9;1-2/h1-6H;1-2H3. The summed E-state index contributed by atoms with van der Waals surface area (Å²) in [5, 5.41) is 1.16. The van der Waals surface area contributed by atoms with Crippen LogP contribution in [0.4, 0.5) is 0 Å². The van der Waals surface area contributed by atoms with Crippen LogP contribution in [0.1, 0.15) is 13.8 Å². The van der Waals surface area contributed by atoms with Crippen LogP contribution in [0.3, 0.4) is 0 Å². The number of pyridine rings is 1. The molecule has 0 atom stereocenters. The van der Waals surface area contributed by atoms with Crippen LogP contribution in [0, 0.1) is 0 Å². The van der Waals surface area contributed by atoms with Crippen molar-refractivity contribution in [1.82, 2.24) is 4.98 Å². The number of hydrogen-bond donors (Lipinski definition) is 0. The van der Waals surface area contributed by atoms with Gasteiger partial charge in [0.05, 0.1) is 5.52 Å². The SMILES string of the molecule is Brc1ccnc2ccccc12.CC. The lowest BCUT2D eigenvalue weighted by molar-refractivity contribution is 1.40. The first-order chi connectivity index (χ1) is 6.38. The maximum Gasteiger partial charge on any atom is 0.0713 e. The third-order valence-corrected chi connectivity index (χ3v) is 2.29. The highest BCUT2D eigenvalue weighted by Crippen LogP contribution is 2.20. The van der Waals surface area contributed by atoms with E-state index in [1.165, 1.54) is 0 Å². The molecule has 2 rings (SSSR count). The molecule has 0 saturated carbocycles. The smallest absolute Gasteiger partial charge is 0.0713 e. The number of para-hydroxylation sites is 1.